The van der Waals surface area contributed by atoms with E-state index in [9.17, 15) is 4.79 Å². The molecule has 2 unspecified atom stereocenters. The number of anilines is 2. The van der Waals surface area contributed by atoms with E-state index in [-0.39, 0.29) is 5.92 Å². The molecule has 0 saturated heterocycles. The topological polar surface area (TPSA) is 92.9 Å². The molecule has 0 spiro atoms. The summed E-state index contributed by atoms with van der Waals surface area (Å²) in [7, 11) is 0. The van der Waals surface area contributed by atoms with Gasteiger partial charge in [0.15, 0.2) is 0 Å². The quantitative estimate of drug-likeness (QED) is 0.244. The summed E-state index contributed by atoms with van der Waals surface area (Å²) in [6.07, 6.45) is 10.8. The summed E-state index contributed by atoms with van der Waals surface area (Å²) >= 11 is 0. The van der Waals surface area contributed by atoms with Crippen molar-refractivity contribution in [2.24, 2.45) is 11.7 Å². The third kappa shape index (κ3) is 6.59. The van der Waals surface area contributed by atoms with Crippen molar-refractivity contribution in [3.63, 3.8) is 0 Å². The minimum absolute atomic E-state index is 0.267. The predicted molar refractivity (Wildman–Crippen MR) is 173 cm³/mol. The number of aromatic nitrogens is 2. The molecule has 0 fully saturated rings. The van der Waals surface area contributed by atoms with Crippen LogP contribution in [0.5, 0.6) is 0 Å². The molecule has 214 valence electrons. The lowest BCUT2D eigenvalue weighted by molar-refractivity contribution is 0.259. The fraction of sp³-hybridized carbons (Fsp3) is 0.343. The molecule has 6 heteroatoms. The van der Waals surface area contributed by atoms with Crippen LogP contribution < -0.4 is 16.4 Å². The third-order valence-corrected chi connectivity index (χ3v) is 8.05. The molecule has 0 radical (unpaired) electrons. The SMILES string of the molecule is CC/C(C)=C1\C=CC(Nc2nc(NC(N)=O)c3cccc(-c4c(C)cc(C(C)/C=C(\C)CC)cc4C)c3n2)=CC1C. The van der Waals surface area contributed by atoms with Gasteiger partial charge in [-0.15, -0.1) is 0 Å². The molecule has 6 nitrogen and oxygen atoms in total. The van der Waals surface area contributed by atoms with Crippen LogP contribution in [0.1, 0.15) is 77.0 Å². The highest BCUT2D eigenvalue weighted by atomic mass is 16.2. The van der Waals surface area contributed by atoms with Crippen LogP contribution in [0, 0.1) is 19.8 Å². The van der Waals surface area contributed by atoms with Crippen LogP contribution in [0.4, 0.5) is 16.6 Å². The average molecular weight is 550 g/mol. The van der Waals surface area contributed by atoms with Gasteiger partial charge in [-0.3, -0.25) is 5.32 Å². The Labute approximate surface area is 244 Å². The highest BCUT2D eigenvalue weighted by Crippen LogP contribution is 2.37. The fourth-order valence-corrected chi connectivity index (χ4v) is 5.64. The zero-order valence-electron chi connectivity index (χ0n) is 25.6. The Bertz CT molecular complexity index is 1590. The number of fused-ring (bicyclic) bond motifs is 1. The van der Waals surface area contributed by atoms with Gasteiger partial charge < -0.3 is 11.1 Å². The number of hydrogen-bond acceptors (Lipinski definition) is 4. The van der Waals surface area contributed by atoms with Gasteiger partial charge >= 0.3 is 6.03 Å². The van der Waals surface area contributed by atoms with Crippen LogP contribution in [-0.2, 0) is 0 Å². The second kappa shape index (κ2) is 12.5. The third-order valence-electron chi connectivity index (χ3n) is 8.05. The van der Waals surface area contributed by atoms with Crippen molar-refractivity contribution < 1.29 is 4.79 Å². The monoisotopic (exact) mass is 549 g/mol. The molecule has 0 saturated carbocycles. The minimum Gasteiger partial charge on any atom is -0.351 e. The lowest BCUT2D eigenvalue weighted by Crippen LogP contribution is -2.21. The van der Waals surface area contributed by atoms with Gasteiger partial charge in [-0.1, -0.05) is 81.3 Å². The summed E-state index contributed by atoms with van der Waals surface area (Å²) < 4.78 is 0. The van der Waals surface area contributed by atoms with Crippen LogP contribution in [0.2, 0.25) is 0 Å². The average Bonchev–Trinajstić information content (AvgIpc) is 2.92. The summed E-state index contributed by atoms with van der Waals surface area (Å²) in [4.78, 5) is 21.6. The van der Waals surface area contributed by atoms with Gasteiger partial charge in [-0.2, -0.15) is 4.98 Å². The van der Waals surface area contributed by atoms with Crippen LogP contribution in [0.15, 0.2) is 77.1 Å². The second-order valence-corrected chi connectivity index (χ2v) is 11.2. The Morgan fingerprint density at radius 1 is 1.07 bits per heavy atom. The lowest BCUT2D eigenvalue weighted by atomic mass is 9.88. The molecule has 0 aliphatic heterocycles. The Balaban J connectivity index is 1.83. The molecule has 4 rings (SSSR count). The van der Waals surface area contributed by atoms with Gasteiger partial charge in [0.2, 0.25) is 5.95 Å². The van der Waals surface area contributed by atoms with E-state index in [2.05, 4.69) is 114 Å². The van der Waals surface area contributed by atoms with Crippen LogP contribution in [0.3, 0.4) is 0 Å². The smallest absolute Gasteiger partial charge is 0.317 e. The van der Waals surface area contributed by atoms with E-state index in [0.29, 0.717) is 17.7 Å². The summed E-state index contributed by atoms with van der Waals surface area (Å²) in [5.41, 5.74) is 17.1. The van der Waals surface area contributed by atoms with E-state index in [1.165, 1.54) is 33.4 Å². The summed E-state index contributed by atoms with van der Waals surface area (Å²) in [5.74, 6) is 1.37. The molecule has 2 amide bonds. The Kier molecular flexibility index (Phi) is 9.11. The number of carbonyl (C=O) groups excluding carboxylic acids is 1. The molecule has 2 atom stereocenters. The van der Waals surface area contributed by atoms with Crippen molar-refractivity contribution in [3.05, 3.63) is 93.7 Å². The van der Waals surface area contributed by atoms with Crippen molar-refractivity contribution in [2.75, 3.05) is 10.6 Å². The number of amides is 2. The second-order valence-electron chi connectivity index (χ2n) is 11.2. The minimum atomic E-state index is -0.669. The van der Waals surface area contributed by atoms with Crippen molar-refractivity contribution in [3.8, 4) is 11.1 Å². The number of hydrogen-bond donors (Lipinski definition) is 3. The van der Waals surface area contributed by atoms with Gasteiger partial charge in [-0.25, -0.2) is 9.78 Å². The van der Waals surface area contributed by atoms with Gasteiger partial charge in [0.1, 0.15) is 5.82 Å². The molecular formula is C35H43N5O. The number of nitrogens with one attached hydrogen (secondary N) is 2. The number of benzene rings is 2. The van der Waals surface area contributed by atoms with E-state index in [1.54, 1.807) is 0 Å². The maximum Gasteiger partial charge on any atom is 0.317 e. The summed E-state index contributed by atoms with van der Waals surface area (Å²) in [6, 6.07) is 9.85. The van der Waals surface area contributed by atoms with Crippen LogP contribution >= 0.6 is 0 Å². The molecule has 41 heavy (non-hydrogen) atoms. The lowest BCUT2D eigenvalue weighted by Gasteiger charge is -2.20. The van der Waals surface area contributed by atoms with E-state index < -0.39 is 6.03 Å². The highest BCUT2D eigenvalue weighted by molar-refractivity contribution is 6.04. The van der Waals surface area contributed by atoms with E-state index >= 15 is 0 Å². The van der Waals surface area contributed by atoms with Gasteiger partial charge in [0, 0.05) is 22.6 Å². The predicted octanol–water partition coefficient (Wildman–Crippen LogP) is 9.09. The first kappa shape index (κ1) is 29.8. The molecule has 1 aliphatic carbocycles. The number of nitrogens with zero attached hydrogens (tertiary/aromatic N) is 2. The summed E-state index contributed by atoms with van der Waals surface area (Å²) in [6.45, 7) is 17.5. The molecule has 2 aromatic carbocycles. The highest BCUT2D eigenvalue weighted by Gasteiger charge is 2.19. The molecule has 3 aromatic rings. The van der Waals surface area contributed by atoms with E-state index in [0.717, 1.165) is 40.6 Å². The van der Waals surface area contributed by atoms with Gasteiger partial charge in [0.05, 0.1) is 5.52 Å². The summed E-state index contributed by atoms with van der Waals surface area (Å²) in [5, 5.41) is 6.83. The van der Waals surface area contributed by atoms with Crippen molar-refractivity contribution >= 4 is 28.7 Å². The van der Waals surface area contributed by atoms with Crippen molar-refractivity contribution in [2.45, 2.75) is 74.1 Å². The zero-order chi connectivity index (χ0) is 29.8. The number of aryl methyl sites for hydroxylation is 2. The molecule has 1 aliphatic rings. The maximum absolute atomic E-state index is 11.9. The normalized spacial score (nSPS) is 17.3. The molecule has 4 N–H and O–H groups in total. The number of para-hydroxylation sites is 1. The van der Waals surface area contributed by atoms with Crippen LogP contribution in [0.25, 0.3) is 22.0 Å². The number of carbonyl (C=O) groups is 1. The Morgan fingerprint density at radius 3 is 2.39 bits per heavy atom. The Hall–Kier alpha value is -4.19. The molecule has 1 heterocycles. The number of rotatable bonds is 8. The van der Waals surface area contributed by atoms with Crippen molar-refractivity contribution in [1.82, 2.24) is 9.97 Å². The number of urea groups is 1. The van der Waals surface area contributed by atoms with Gasteiger partial charge in [-0.05, 0) is 86.4 Å². The Morgan fingerprint density at radius 2 is 1.78 bits per heavy atom. The number of nitrogens with two attached hydrogens (primary N) is 1. The molecular weight excluding hydrogens is 506 g/mol. The zero-order valence-corrected chi connectivity index (χ0v) is 25.6. The first-order valence-corrected chi connectivity index (χ1v) is 14.5. The first-order valence-electron chi connectivity index (χ1n) is 14.5. The number of allylic oxidation sites excluding steroid dienone is 7. The number of primary amides is 1. The maximum atomic E-state index is 11.9. The van der Waals surface area contributed by atoms with Gasteiger partial charge in [0.25, 0.3) is 0 Å². The van der Waals surface area contributed by atoms with Crippen molar-refractivity contribution in [1.29, 1.82) is 0 Å². The van der Waals surface area contributed by atoms with Crippen LogP contribution in [-0.4, -0.2) is 16.0 Å². The largest absolute Gasteiger partial charge is 0.351 e. The standard InChI is InChI=1S/C35H43N5O/c1-9-20(3)16-22(5)26-17-24(7)31(25(8)18-26)29-12-11-13-30-32(29)38-35(40-33(30)39-34(36)41)37-27-14-15-28(21(4)10-2)23(6)19-27/h11-19,22-23H,9-10H2,1-8H3,(H4,36,37,38,39,40,41)/b20-16+,28-21+. The first-order chi connectivity index (χ1) is 19.5. The fourth-order valence-electron chi connectivity index (χ4n) is 5.64. The molecule has 1 aromatic heterocycles. The van der Waals surface area contributed by atoms with E-state index in [1.807, 2.05) is 12.1 Å². The van der Waals surface area contributed by atoms with E-state index in [4.69, 9.17) is 10.7 Å². The molecule has 0 bridgehead atoms.